The highest BCUT2D eigenvalue weighted by atomic mass is 19.1. The fraction of sp³-hybridized carbons (Fsp3) is 0.588. The molecular formula is C17H23FN2O. The summed E-state index contributed by atoms with van der Waals surface area (Å²) in [5.74, 6) is 0.475. The largest absolute Gasteiger partial charge is 0.340 e. The van der Waals surface area contributed by atoms with Crippen molar-refractivity contribution in [1.82, 2.24) is 9.80 Å². The molecule has 2 fully saturated rings. The Balaban J connectivity index is 1.51. The van der Waals surface area contributed by atoms with Gasteiger partial charge in [0.25, 0.3) is 0 Å². The number of carbonyl (C=O) groups excluding carboxylic acids is 1. The van der Waals surface area contributed by atoms with Gasteiger partial charge in [-0.1, -0.05) is 31.0 Å². The smallest absolute Gasteiger partial charge is 0.225 e. The maximum atomic E-state index is 13.7. The van der Waals surface area contributed by atoms with E-state index in [1.54, 1.807) is 6.07 Å². The number of amides is 1. The molecule has 3 rings (SSSR count). The van der Waals surface area contributed by atoms with Gasteiger partial charge in [0, 0.05) is 44.2 Å². The SMILES string of the molecule is O=C(C1CCCC1)N1CCN(Cc2ccccc2F)CC1. The van der Waals surface area contributed by atoms with Gasteiger partial charge in [0.05, 0.1) is 0 Å². The van der Waals surface area contributed by atoms with Gasteiger partial charge in [-0.15, -0.1) is 0 Å². The molecule has 114 valence electrons. The predicted molar refractivity (Wildman–Crippen MR) is 80.2 cm³/mol. The van der Waals surface area contributed by atoms with Crippen LogP contribution in [0, 0.1) is 11.7 Å². The van der Waals surface area contributed by atoms with Crippen LogP contribution in [-0.4, -0.2) is 41.9 Å². The monoisotopic (exact) mass is 290 g/mol. The van der Waals surface area contributed by atoms with E-state index in [2.05, 4.69) is 4.90 Å². The molecule has 4 heteroatoms. The van der Waals surface area contributed by atoms with E-state index in [4.69, 9.17) is 0 Å². The average Bonchev–Trinajstić information content (AvgIpc) is 3.04. The molecule has 3 nitrogen and oxygen atoms in total. The zero-order chi connectivity index (χ0) is 14.7. The molecule has 0 aromatic heterocycles. The van der Waals surface area contributed by atoms with Crippen molar-refractivity contribution in [3.63, 3.8) is 0 Å². The van der Waals surface area contributed by atoms with Crippen LogP contribution in [0.15, 0.2) is 24.3 Å². The standard InChI is InChI=1S/C17H23FN2O/c18-16-8-4-3-7-15(16)13-19-9-11-20(12-10-19)17(21)14-5-1-2-6-14/h3-4,7-8,14H,1-2,5-6,9-13H2. The molecule has 0 unspecified atom stereocenters. The van der Waals surface area contributed by atoms with Crippen molar-refractivity contribution >= 4 is 5.91 Å². The fourth-order valence-corrected chi connectivity index (χ4v) is 3.42. The third kappa shape index (κ3) is 3.43. The summed E-state index contributed by atoms with van der Waals surface area (Å²) in [6.45, 7) is 3.88. The minimum atomic E-state index is -0.137. The fourth-order valence-electron chi connectivity index (χ4n) is 3.42. The van der Waals surface area contributed by atoms with Crippen LogP contribution in [0.25, 0.3) is 0 Å². The quantitative estimate of drug-likeness (QED) is 0.854. The zero-order valence-electron chi connectivity index (χ0n) is 12.4. The van der Waals surface area contributed by atoms with E-state index in [0.717, 1.165) is 44.6 Å². The first-order valence-corrected chi connectivity index (χ1v) is 7.98. The maximum absolute atomic E-state index is 13.7. The number of rotatable bonds is 3. The molecule has 21 heavy (non-hydrogen) atoms. The van der Waals surface area contributed by atoms with E-state index in [9.17, 15) is 9.18 Å². The first-order valence-electron chi connectivity index (χ1n) is 7.98. The van der Waals surface area contributed by atoms with E-state index < -0.39 is 0 Å². The average molecular weight is 290 g/mol. The van der Waals surface area contributed by atoms with Crippen molar-refractivity contribution in [3.05, 3.63) is 35.6 Å². The van der Waals surface area contributed by atoms with Gasteiger partial charge in [0.2, 0.25) is 5.91 Å². The van der Waals surface area contributed by atoms with Crippen LogP contribution in [0.5, 0.6) is 0 Å². The third-order valence-corrected chi connectivity index (χ3v) is 4.74. The van der Waals surface area contributed by atoms with Crippen molar-refractivity contribution < 1.29 is 9.18 Å². The highest BCUT2D eigenvalue weighted by Gasteiger charge is 2.29. The Morgan fingerprint density at radius 3 is 2.43 bits per heavy atom. The molecule has 0 N–H and O–H groups in total. The second-order valence-corrected chi connectivity index (χ2v) is 6.17. The second kappa shape index (κ2) is 6.56. The summed E-state index contributed by atoms with van der Waals surface area (Å²) < 4.78 is 13.7. The molecule has 1 aliphatic carbocycles. The van der Waals surface area contributed by atoms with Gasteiger partial charge in [-0.25, -0.2) is 4.39 Å². The molecule has 1 saturated heterocycles. The number of hydrogen-bond donors (Lipinski definition) is 0. The Hall–Kier alpha value is -1.42. The van der Waals surface area contributed by atoms with Crippen LogP contribution in [0.3, 0.4) is 0 Å². The number of carbonyl (C=O) groups is 1. The molecule has 0 spiro atoms. The summed E-state index contributed by atoms with van der Waals surface area (Å²) in [5.41, 5.74) is 0.744. The minimum absolute atomic E-state index is 0.137. The van der Waals surface area contributed by atoms with Crippen LogP contribution in [-0.2, 0) is 11.3 Å². The summed E-state index contributed by atoms with van der Waals surface area (Å²) in [6, 6.07) is 6.94. The second-order valence-electron chi connectivity index (χ2n) is 6.17. The van der Waals surface area contributed by atoms with Crippen molar-refractivity contribution in [1.29, 1.82) is 0 Å². The lowest BCUT2D eigenvalue weighted by Crippen LogP contribution is -2.49. The normalized spacial score (nSPS) is 20.9. The van der Waals surface area contributed by atoms with Gasteiger partial charge >= 0.3 is 0 Å². The third-order valence-electron chi connectivity index (χ3n) is 4.74. The minimum Gasteiger partial charge on any atom is -0.340 e. The van der Waals surface area contributed by atoms with E-state index in [-0.39, 0.29) is 11.7 Å². The predicted octanol–water partition coefficient (Wildman–Crippen LogP) is 2.66. The lowest BCUT2D eigenvalue weighted by molar-refractivity contribution is -0.137. The zero-order valence-corrected chi connectivity index (χ0v) is 12.4. The van der Waals surface area contributed by atoms with E-state index in [1.165, 1.54) is 18.9 Å². The molecule has 0 radical (unpaired) electrons. The number of hydrogen-bond acceptors (Lipinski definition) is 2. The molecule has 1 aromatic rings. The van der Waals surface area contributed by atoms with Gasteiger partial charge in [0.15, 0.2) is 0 Å². The number of piperazine rings is 1. The molecule has 1 saturated carbocycles. The first-order chi connectivity index (χ1) is 10.2. The molecule has 1 heterocycles. The Morgan fingerprint density at radius 1 is 1.10 bits per heavy atom. The van der Waals surface area contributed by atoms with Crippen LogP contribution >= 0.6 is 0 Å². The Labute approximate surface area is 125 Å². The first kappa shape index (κ1) is 14.5. The molecule has 0 bridgehead atoms. The van der Waals surface area contributed by atoms with Crippen molar-refractivity contribution in [3.8, 4) is 0 Å². The number of nitrogens with zero attached hydrogens (tertiary/aromatic N) is 2. The topological polar surface area (TPSA) is 23.6 Å². The Bertz CT molecular complexity index is 491. The van der Waals surface area contributed by atoms with Gasteiger partial charge in [0.1, 0.15) is 5.82 Å². The van der Waals surface area contributed by atoms with Gasteiger partial charge in [-0.3, -0.25) is 9.69 Å². The summed E-state index contributed by atoms with van der Waals surface area (Å²) in [4.78, 5) is 16.6. The van der Waals surface area contributed by atoms with Crippen LogP contribution in [0.1, 0.15) is 31.2 Å². The van der Waals surface area contributed by atoms with Crippen molar-refractivity contribution in [2.24, 2.45) is 5.92 Å². The van der Waals surface area contributed by atoms with Gasteiger partial charge < -0.3 is 4.90 Å². The lowest BCUT2D eigenvalue weighted by atomic mass is 10.1. The maximum Gasteiger partial charge on any atom is 0.225 e. The summed E-state index contributed by atoms with van der Waals surface area (Å²) >= 11 is 0. The molecular weight excluding hydrogens is 267 g/mol. The summed E-state index contributed by atoms with van der Waals surface area (Å²) in [7, 11) is 0. The molecule has 0 atom stereocenters. The van der Waals surface area contributed by atoms with Crippen LogP contribution in [0.2, 0.25) is 0 Å². The number of benzene rings is 1. The van der Waals surface area contributed by atoms with E-state index >= 15 is 0 Å². The number of halogens is 1. The highest BCUT2D eigenvalue weighted by Crippen LogP contribution is 2.27. The van der Waals surface area contributed by atoms with Gasteiger partial charge in [-0.2, -0.15) is 0 Å². The van der Waals surface area contributed by atoms with Crippen molar-refractivity contribution in [2.45, 2.75) is 32.2 Å². The van der Waals surface area contributed by atoms with Gasteiger partial charge in [-0.05, 0) is 18.9 Å². The lowest BCUT2D eigenvalue weighted by Gasteiger charge is -2.36. The highest BCUT2D eigenvalue weighted by molar-refractivity contribution is 5.79. The Morgan fingerprint density at radius 2 is 1.76 bits per heavy atom. The molecule has 1 aliphatic heterocycles. The summed E-state index contributed by atoms with van der Waals surface area (Å²) in [5, 5.41) is 0. The van der Waals surface area contributed by atoms with Crippen LogP contribution in [0.4, 0.5) is 4.39 Å². The molecule has 2 aliphatic rings. The molecule has 1 amide bonds. The van der Waals surface area contributed by atoms with Crippen molar-refractivity contribution in [2.75, 3.05) is 26.2 Å². The van der Waals surface area contributed by atoms with E-state index in [0.29, 0.717) is 12.5 Å². The summed E-state index contributed by atoms with van der Waals surface area (Å²) in [6.07, 6.45) is 4.52. The van der Waals surface area contributed by atoms with E-state index in [1.807, 2.05) is 17.0 Å². The van der Waals surface area contributed by atoms with Crippen LogP contribution < -0.4 is 0 Å². The molecule has 1 aromatic carbocycles. The Kier molecular flexibility index (Phi) is 4.54.